The number of hydrogen-bond acceptors (Lipinski definition) is 4. The number of aryl methyl sites for hydroxylation is 1. The molecule has 7 nitrogen and oxygen atoms in total. The molecular formula is C24H25N5O2. The Kier molecular flexibility index (Phi) is 4.81. The maximum absolute atomic E-state index is 13.8. The van der Waals surface area contributed by atoms with Crippen molar-refractivity contribution in [1.29, 1.82) is 0 Å². The normalized spacial score (nSPS) is 21.6. The van der Waals surface area contributed by atoms with E-state index in [9.17, 15) is 9.59 Å². The predicted octanol–water partition coefficient (Wildman–Crippen LogP) is 2.92. The van der Waals surface area contributed by atoms with Crippen molar-refractivity contribution in [3.8, 4) is 0 Å². The van der Waals surface area contributed by atoms with Crippen LogP contribution in [0, 0.1) is 6.92 Å². The Labute approximate surface area is 180 Å². The molecule has 2 fully saturated rings. The summed E-state index contributed by atoms with van der Waals surface area (Å²) >= 11 is 0. The first-order valence-electron chi connectivity index (χ1n) is 10.7. The second-order valence-corrected chi connectivity index (χ2v) is 8.47. The average molecular weight is 415 g/mol. The van der Waals surface area contributed by atoms with Gasteiger partial charge in [-0.2, -0.15) is 5.10 Å². The van der Waals surface area contributed by atoms with Crippen molar-refractivity contribution in [3.63, 3.8) is 0 Å². The SMILES string of the molecule is Cc1nc([C@@H]2C[C@H](NC(=O)c3ccccc3)CN2C(=O)C2(c3ccccc3)CC2)n[nH]1. The zero-order chi connectivity index (χ0) is 21.4. The summed E-state index contributed by atoms with van der Waals surface area (Å²) in [6.45, 7) is 2.29. The average Bonchev–Trinajstić information content (AvgIpc) is 3.34. The molecule has 1 aliphatic carbocycles. The molecule has 0 spiro atoms. The predicted molar refractivity (Wildman–Crippen MR) is 115 cm³/mol. The van der Waals surface area contributed by atoms with Crippen molar-refractivity contribution >= 4 is 11.8 Å². The number of nitrogens with one attached hydrogen (secondary N) is 2. The van der Waals surface area contributed by atoms with Gasteiger partial charge in [0.1, 0.15) is 5.82 Å². The molecule has 2 atom stereocenters. The van der Waals surface area contributed by atoms with Crippen LogP contribution in [0.4, 0.5) is 0 Å². The highest BCUT2D eigenvalue weighted by Crippen LogP contribution is 2.51. The number of nitrogens with zero attached hydrogens (tertiary/aromatic N) is 3. The first-order chi connectivity index (χ1) is 15.1. The summed E-state index contributed by atoms with van der Waals surface area (Å²) in [6, 6.07) is 18.7. The maximum atomic E-state index is 13.8. The number of carbonyl (C=O) groups is 2. The number of benzene rings is 2. The van der Waals surface area contributed by atoms with Crippen LogP contribution in [0.1, 0.15) is 52.9 Å². The van der Waals surface area contributed by atoms with E-state index in [1.807, 2.05) is 60.4 Å². The molecule has 31 heavy (non-hydrogen) atoms. The van der Waals surface area contributed by atoms with Crippen molar-refractivity contribution < 1.29 is 9.59 Å². The molecule has 2 amide bonds. The Bertz CT molecular complexity index is 1090. The number of carbonyl (C=O) groups excluding carboxylic acids is 2. The van der Waals surface area contributed by atoms with Gasteiger partial charge in [0.15, 0.2) is 5.82 Å². The molecule has 5 rings (SSSR count). The zero-order valence-corrected chi connectivity index (χ0v) is 17.4. The molecular weight excluding hydrogens is 390 g/mol. The summed E-state index contributed by atoms with van der Waals surface area (Å²) < 4.78 is 0. The monoisotopic (exact) mass is 415 g/mol. The van der Waals surface area contributed by atoms with Gasteiger partial charge in [-0.05, 0) is 43.9 Å². The van der Waals surface area contributed by atoms with Crippen molar-refractivity contribution in [2.75, 3.05) is 6.54 Å². The first-order valence-corrected chi connectivity index (χ1v) is 10.7. The number of rotatable bonds is 5. The van der Waals surface area contributed by atoms with E-state index in [1.54, 1.807) is 12.1 Å². The molecule has 7 heteroatoms. The van der Waals surface area contributed by atoms with E-state index < -0.39 is 5.41 Å². The molecule has 158 valence electrons. The van der Waals surface area contributed by atoms with Crippen LogP contribution in [0.15, 0.2) is 60.7 Å². The van der Waals surface area contributed by atoms with E-state index in [-0.39, 0.29) is 23.9 Å². The van der Waals surface area contributed by atoms with Crippen LogP contribution in [-0.4, -0.2) is 44.5 Å². The minimum atomic E-state index is -0.469. The lowest BCUT2D eigenvalue weighted by Crippen LogP contribution is -2.42. The fourth-order valence-electron chi connectivity index (χ4n) is 4.56. The summed E-state index contributed by atoms with van der Waals surface area (Å²) in [6.07, 6.45) is 2.27. The molecule has 1 aliphatic heterocycles. The fourth-order valence-corrected chi connectivity index (χ4v) is 4.56. The minimum absolute atomic E-state index is 0.0996. The largest absolute Gasteiger partial charge is 0.347 e. The van der Waals surface area contributed by atoms with E-state index in [0.717, 1.165) is 18.4 Å². The molecule has 0 radical (unpaired) electrons. The Balaban J connectivity index is 1.40. The number of hydrogen-bond donors (Lipinski definition) is 2. The minimum Gasteiger partial charge on any atom is -0.347 e. The Hall–Kier alpha value is -3.48. The van der Waals surface area contributed by atoms with Gasteiger partial charge in [-0.15, -0.1) is 0 Å². The number of likely N-dealkylation sites (tertiary alicyclic amines) is 1. The molecule has 1 aromatic heterocycles. The molecule has 1 saturated heterocycles. The molecule has 2 N–H and O–H groups in total. The van der Waals surface area contributed by atoms with Gasteiger partial charge in [0.25, 0.3) is 5.91 Å². The second-order valence-electron chi connectivity index (χ2n) is 8.47. The number of aromatic amines is 1. The van der Waals surface area contributed by atoms with Gasteiger partial charge in [-0.25, -0.2) is 4.98 Å². The molecule has 0 bridgehead atoms. The van der Waals surface area contributed by atoms with E-state index in [0.29, 0.717) is 30.2 Å². The zero-order valence-electron chi connectivity index (χ0n) is 17.4. The highest BCUT2D eigenvalue weighted by atomic mass is 16.2. The third-order valence-electron chi connectivity index (χ3n) is 6.33. The molecule has 2 aromatic carbocycles. The third kappa shape index (κ3) is 3.60. The van der Waals surface area contributed by atoms with Crippen LogP contribution in [-0.2, 0) is 10.2 Å². The van der Waals surface area contributed by atoms with Crippen LogP contribution < -0.4 is 5.32 Å². The van der Waals surface area contributed by atoms with Crippen molar-refractivity contribution in [2.24, 2.45) is 0 Å². The highest BCUT2D eigenvalue weighted by molar-refractivity contribution is 5.95. The molecule has 2 heterocycles. The topological polar surface area (TPSA) is 91.0 Å². The van der Waals surface area contributed by atoms with Gasteiger partial charge in [-0.3, -0.25) is 14.7 Å². The maximum Gasteiger partial charge on any atom is 0.251 e. The summed E-state index contributed by atoms with van der Waals surface area (Å²) in [5.41, 5.74) is 1.20. The number of amides is 2. The summed E-state index contributed by atoms with van der Waals surface area (Å²) in [5, 5.41) is 10.3. The molecule has 1 saturated carbocycles. The quantitative estimate of drug-likeness (QED) is 0.670. The number of aromatic nitrogens is 3. The highest BCUT2D eigenvalue weighted by Gasteiger charge is 2.55. The standard InChI is InChI=1S/C24H25N5O2/c1-16-25-21(28-27-16)20-14-19(26-22(30)17-8-4-2-5-9-17)15-29(20)23(31)24(12-13-24)18-10-6-3-7-11-18/h2-11,19-20H,12-15H2,1H3,(H,26,30)(H,25,27,28)/t19-,20-/m0/s1. The Morgan fingerprint density at radius 2 is 1.74 bits per heavy atom. The second kappa shape index (κ2) is 7.65. The van der Waals surface area contributed by atoms with Crippen LogP contribution >= 0.6 is 0 Å². The Morgan fingerprint density at radius 1 is 1.06 bits per heavy atom. The van der Waals surface area contributed by atoms with Crippen LogP contribution in [0.25, 0.3) is 0 Å². The lowest BCUT2D eigenvalue weighted by atomic mass is 9.94. The van der Waals surface area contributed by atoms with Crippen LogP contribution in [0.3, 0.4) is 0 Å². The van der Waals surface area contributed by atoms with E-state index in [2.05, 4.69) is 20.5 Å². The van der Waals surface area contributed by atoms with Gasteiger partial charge in [0.2, 0.25) is 5.91 Å². The summed E-state index contributed by atoms with van der Waals surface area (Å²) in [7, 11) is 0. The lowest BCUT2D eigenvalue weighted by molar-refractivity contribution is -0.135. The van der Waals surface area contributed by atoms with Crippen molar-refractivity contribution in [2.45, 2.75) is 43.7 Å². The summed E-state index contributed by atoms with van der Waals surface area (Å²) in [4.78, 5) is 32.8. The van der Waals surface area contributed by atoms with Crippen LogP contribution in [0.5, 0.6) is 0 Å². The van der Waals surface area contributed by atoms with Crippen molar-refractivity contribution in [1.82, 2.24) is 25.4 Å². The van der Waals surface area contributed by atoms with Gasteiger partial charge in [0.05, 0.1) is 11.5 Å². The Morgan fingerprint density at radius 3 is 2.35 bits per heavy atom. The van der Waals surface area contributed by atoms with Gasteiger partial charge in [0, 0.05) is 18.2 Å². The van der Waals surface area contributed by atoms with Gasteiger partial charge in [-0.1, -0.05) is 48.5 Å². The van der Waals surface area contributed by atoms with Crippen molar-refractivity contribution in [3.05, 3.63) is 83.4 Å². The van der Waals surface area contributed by atoms with E-state index in [1.165, 1.54) is 0 Å². The fraction of sp³-hybridized carbons (Fsp3) is 0.333. The van der Waals surface area contributed by atoms with E-state index >= 15 is 0 Å². The van der Waals surface area contributed by atoms with E-state index in [4.69, 9.17) is 0 Å². The first kappa shape index (κ1) is 19.5. The molecule has 3 aromatic rings. The van der Waals surface area contributed by atoms with Crippen LogP contribution in [0.2, 0.25) is 0 Å². The summed E-state index contributed by atoms with van der Waals surface area (Å²) in [5.74, 6) is 1.28. The molecule has 0 unspecified atom stereocenters. The number of H-pyrrole nitrogens is 1. The third-order valence-corrected chi connectivity index (χ3v) is 6.33. The van der Waals surface area contributed by atoms with Gasteiger partial charge < -0.3 is 10.2 Å². The lowest BCUT2D eigenvalue weighted by Gasteiger charge is -2.27. The smallest absolute Gasteiger partial charge is 0.251 e. The van der Waals surface area contributed by atoms with Gasteiger partial charge >= 0.3 is 0 Å². The molecule has 2 aliphatic rings.